The van der Waals surface area contributed by atoms with Crippen LogP contribution in [0.1, 0.15) is 32.1 Å². The fourth-order valence-corrected chi connectivity index (χ4v) is 3.55. The lowest BCUT2D eigenvalue weighted by Gasteiger charge is -2.28. The summed E-state index contributed by atoms with van der Waals surface area (Å²) in [4.78, 5) is 41.1. The molecule has 3 rings (SSSR count). The SMILES string of the molecule is O=C(CN1CCOC1=O)NC1CCC(C(=O)NCCCn2ccnc2)CC1. The number of carbonyl (C=O) groups excluding carboxylic acids is 3. The summed E-state index contributed by atoms with van der Waals surface area (Å²) >= 11 is 0. The summed E-state index contributed by atoms with van der Waals surface area (Å²) in [5, 5.41) is 5.97. The van der Waals surface area contributed by atoms with Crippen LogP contribution in [0, 0.1) is 5.92 Å². The highest BCUT2D eigenvalue weighted by molar-refractivity contribution is 5.83. The van der Waals surface area contributed by atoms with E-state index in [4.69, 9.17) is 4.74 Å². The number of ether oxygens (including phenoxy) is 1. The number of cyclic esters (lactones) is 1. The van der Waals surface area contributed by atoms with Crippen molar-refractivity contribution in [2.24, 2.45) is 5.92 Å². The second kappa shape index (κ2) is 9.38. The number of aryl methyl sites for hydroxylation is 1. The molecule has 2 N–H and O–H groups in total. The van der Waals surface area contributed by atoms with Gasteiger partial charge in [-0.1, -0.05) is 0 Å². The second-order valence-electron chi connectivity index (χ2n) is 7.10. The molecule has 0 bridgehead atoms. The van der Waals surface area contributed by atoms with E-state index in [0.717, 1.165) is 38.6 Å². The number of hydrogen-bond donors (Lipinski definition) is 2. The van der Waals surface area contributed by atoms with Crippen molar-refractivity contribution in [2.45, 2.75) is 44.7 Å². The van der Waals surface area contributed by atoms with E-state index in [1.165, 1.54) is 4.90 Å². The molecule has 0 unspecified atom stereocenters. The molecule has 3 amide bonds. The lowest BCUT2D eigenvalue weighted by atomic mass is 9.85. The summed E-state index contributed by atoms with van der Waals surface area (Å²) in [6.45, 7) is 2.33. The molecule has 2 aliphatic rings. The summed E-state index contributed by atoms with van der Waals surface area (Å²) in [6, 6.07) is 0.0708. The van der Waals surface area contributed by atoms with Gasteiger partial charge in [0.2, 0.25) is 11.8 Å². The van der Waals surface area contributed by atoms with Crippen molar-refractivity contribution >= 4 is 17.9 Å². The third-order valence-electron chi connectivity index (χ3n) is 5.09. The van der Waals surface area contributed by atoms with Crippen LogP contribution in [-0.2, 0) is 20.9 Å². The summed E-state index contributed by atoms with van der Waals surface area (Å²) in [7, 11) is 0. The molecule has 2 heterocycles. The van der Waals surface area contributed by atoms with E-state index >= 15 is 0 Å². The summed E-state index contributed by atoms with van der Waals surface area (Å²) in [5.41, 5.74) is 0. The Morgan fingerprint density at radius 3 is 2.74 bits per heavy atom. The van der Waals surface area contributed by atoms with Gasteiger partial charge in [0.1, 0.15) is 13.2 Å². The maximum absolute atomic E-state index is 12.3. The molecular weight excluding hydrogens is 350 g/mol. The van der Waals surface area contributed by atoms with Crippen molar-refractivity contribution in [2.75, 3.05) is 26.2 Å². The van der Waals surface area contributed by atoms with Crippen molar-refractivity contribution in [3.63, 3.8) is 0 Å². The quantitative estimate of drug-likeness (QED) is 0.643. The summed E-state index contributed by atoms with van der Waals surface area (Å²) in [5.74, 6) is -0.0496. The zero-order valence-electron chi connectivity index (χ0n) is 15.4. The molecule has 1 aromatic rings. The highest BCUT2D eigenvalue weighted by Gasteiger charge is 2.28. The van der Waals surface area contributed by atoms with Crippen LogP contribution in [0.3, 0.4) is 0 Å². The Labute approximate surface area is 158 Å². The van der Waals surface area contributed by atoms with Crippen LogP contribution in [-0.4, -0.2) is 64.6 Å². The first kappa shape index (κ1) is 19.2. The molecule has 1 aliphatic carbocycles. The first-order valence-corrected chi connectivity index (χ1v) is 9.56. The molecule has 27 heavy (non-hydrogen) atoms. The van der Waals surface area contributed by atoms with Crippen LogP contribution in [0.4, 0.5) is 4.79 Å². The fraction of sp³-hybridized carbons (Fsp3) is 0.667. The molecule has 1 aliphatic heterocycles. The predicted octanol–water partition coefficient (Wildman–Crippen LogP) is 0.517. The van der Waals surface area contributed by atoms with Gasteiger partial charge in [0.25, 0.3) is 0 Å². The van der Waals surface area contributed by atoms with Crippen LogP contribution >= 0.6 is 0 Å². The van der Waals surface area contributed by atoms with E-state index in [9.17, 15) is 14.4 Å². The number of aromatic nitrogens is 2. The maximum Gasteiger partial charge on any atom is 0.410 e. The highest BCUT2D eigenvalue weighted by Crippen LogP contribution is 2.24. The Morgan fingerprint density at radius 1 is 1.26 bits per heavy atom. The minimum absolute atomic E-state index is 0.0138. The maximum atomic E-state index is 12.3. The third kappa shape index (κ3) is 5.70. The Balaban J connectivity index is 1.29. The molecule has 0 atom stereocenters. The molecule has 0 spiro atoms. The van der Waals surface area contributed by atoms with Crippen molar-refractivity contribution < 1.29 is 19.1 Å². The lowest BCUT2D eigenvalue weighted by molar-refractivity contribution is -0.126. The minimum Gasteiger partial charge on any atom is -0.448 e. The Bertz CT molecular complexity index is 640. The number of hydrogen-bond acceptors (Lipinski definition) is 5. The molecule has 0 aromatic carbocycles. The second-order valence-corrected chi connectivity index (χ2v) is 7.10. The Hall–Kier alpha value is -2.58. The number of nitrogens with one attached hydrogen (secondary N) is 2. The van der Waals surface area contributed by atoms with Gasteiger partial charge in [0, 0.05) is 37.4 Å². The van der Waals surface area contributed by atoms with E-state index in [1.54, 1.807) is 12.5 Å². The summed E-state index contributed by atoms with van der Waals surface area (Å²) in [6.07, 6.45) is 8.95. The van der Waals surface area contributed by atoms with Gasteiger partial charge in [-0.05, 0) is 32.1 Å². The lowest BCUT2D eigenvalue weighted by Crippen LogP contribution is -2.45. The van der Waals surface area contributed by atoms with Crippen LogP contribution in [0.5, 0.6) is 0 Å². The minimum atomic E-state index is -0.432. The first-order valence-electron chi connectivity index (χ1n) is 9.56. The van der Waals surface area contributed by atoms with Crippen molar-refractivity contribution in [1.29, 1.82) is 0 Å². The molecule has 2 fully saturated rings. The number of carbonyl (C=O) groups is 3. The topological polar surface area (TPSA) is 106 Å². The van der Waals surface area contributed by atoms with E-state index in [0.29, 0.717) is 19.7 Å². The third-order valence-corrected chi connectivity index (χ3v) is 5.09. The fourth-order valence-electron chi connectivity index (χ4n) is 3.55. The molecular formula is C18H27N5O4. The predicted molar refractivity (Wildman–Crippen MR) is 96.7 cm³/mol. The standard InChI is InChI=1S/C18H27N5O4/c24-16(12-23-10-11-27-18(23)26)21-15-4-2-14(3-5-15)17(25)20-6-1-8-22-9-7-19-13-22/h7,9,13-15H,1-6,8,10-12H2,(H,20,25)(H,21,24). The molecule has 148 valence electrons. The normalized spacial score (nSPS) is 22.4. The first-order chi connectivity index (χ1) is 13.1. The largest absolute Gasteiger partial charge is 0.448 e. The molecule has 1 aromatic heterocycles. The molecule has 1 saturated heterocycles. The highest BCUT2D eigenvalue weighted by atomic mass is 16.6. The van der Waals surface area contributed by atoms with E-state index < -0.39 is 6.09 Å². The van der Waals surface area contributed by atoms with Gasteiger partial charge < -0.3 is 19.9 Å². The van der Waals surface area contributed by atoms with Crippen molar-refractivity contribution in [3.05, 3.63) is 18.7 Å². The molecule has 9 heteroatoms. The monoisotopic (exact) mass is 377 g/mol. The Kier molecular flexibility index (Phi) is 6.67. The average Bonchev–Trinajstić information content (AvgIpc) is 3.31. The Morgan fingerprint density at radius 2 is 2.07 bits per heavy atom. The molecule has 0 radical (unpaired) electrons. The van der Waals surface area contributed by atoms with Crippen LogP contribution in [0.15, 0.2) is 18.7 Å². The number of nitrogens with zero attached hydrogens (tertiary/aromatic N) is 3. The summed E-state index contributed by atoms with van der Waals surface area (Å²) < 4.78 is 6.80. The van der Waals surface area contributed by atoms with Gasteiger partial charge in [-0.3, -0.25) is 14.5 Å². The van der Waals surface area contributed by atoms with Gasteiger partial charge in [-0.15, -0.1) is 0 Å². The average molecular weight is 377 g/mol. The zero-order valence-corrected chi connectivity index (χ0v) is 15.4. The smallest absolute Gasteiger partial charge is 0.410 e. The van der Waals surface area contributed by atoms with Crippen LogP contribution < -0.4 is 10.6 Å². The zero-order chi connectivity index (χ0) is 19.1. The number of amides is 3. The van der Waals surface area contributed by atoms with E-state index in [-0.39, 0.29) is 30.3 Å². The van der Waals surface area contributed by atoms with Crippen molar-refractivity contribution in [3.8, 4) is 0 Å². The van der Waals surface area contributed by atoms with E-state index in [1.807, 2.05) is 10.8 Å². The number of imidazole rings is 1. The van der Waals surface area contributed by atoms with Gasteiger partial charge in [-0.25, -0.2) is 9.78 Å². The molecule has 1 saturated carbocycles. The van der Waals surface area contributed by atoms with Gasteiger partial charge in [0.15, 0.2) is 0 Å². The molecule has 9 nitrogen and oxygen atoms in total. The van der Waals surface area contributed by atoms with Crippen molar-refractivity contribution in [1.82, 2.24) is 25.1 Å². The number of rotatable bonds is 8. The van der Waals surface area contributed by atoms with Gasteiger partial charge >= 0.3 is 6.09 Å². The van der Waals surface area contributed by atoms with E-state index in [2.05, 4.69) is 15.6 Å². The van der Waals surface area contributed by atoms with Crippen LogP contribution in [0.2, 0.25) is 0 Å². The van der Waals surface area contributed by atoms with Gasteiger partial charge in [0.05, 0.1) is 12.9 Å². The van der Waals surface area contributed by atoms with Crippen LogP contribution in [0.25, 0.3) is 0 Å². The van der Waals surface area contributed by atoms with Gasteiger partial charge in [-0.2, -0.15) is 0 Å².